The first-order valence-electron chi connectivity index (χ1n) is 10.7. The topological polar surface area (TPSA) is 123 Å². The molecule has 0 aliphatic rings. The molecule has 0 unspecified atom stereocenters. The van der Waals surface area contributed by atoms with Gasteiger partial charge in [0.2, 0.25) is 0 Å². The summed E-state index contributed by atoms with van der Waals surface area (Å²) in [6.45, 7) is 1.19. The summed E-state index contributed by atoms with van der Waals surface area (Å²) in [5, 5.41) is 9.46. The van der Waals surface area contributed by atoms with E-state index in [0.29, 0.717) is 60.7 Å². The summed E-state index contributed by atoms with van der Waals surface area (Å²) in [6, 6.07) is 10.1. The lowest BCUT2D eigenvalue weighted by molar-refractivity contribution is -0.139. The Hall–Kier alpha value is -3.49. The number of ether oxygens (including phenoxy) is 7. The van der Waals surface area contributed by atoms with Gasteiger partial charge in [-0.1, -0.05) is 0 Å². The number of hydrogen-bond acceptors (Lipinski definition) is 10. The molecule has 0 bridgehead atoms. The number of carbonyl (C=O) groups is 2. The molecule has 2 aromatic rings. The van der Waals surface area contributed by atoms with Crippen LogP contribution in [0.2, 0.25) is 0 Å². The summed E-state index contributed by atoms with van der Waals surface area (Å²) in [7, 11) is 4.40. The van der Waals surface area contributed by atoms with Crippen molar-refractivity contribution in [1.29, 1.82) is 5.26 Å². The number of nitrogens with zero attached hydrogens (tertiary/aromatic N) is 1. The lowest BCUT2D eigenvalue weighted by atomic mass is 9.95. The minimum atomic E-state index is -0.474. The van der Waals surface area contributed by atoms with Gasteiger partial charge in [-0.3, -0.25) is 9.59 Å². The molecule has 10 heteroatoms. The van der Waals surface area contributed by atoms with Crippen LogP contribution >= 0.6 is 0 Å². The van der Waals surface area contributed by atoms with Crippen molar-refractivity contribution in [1.82, 2.24) is 0 Å². The van der Waals surface area contributed by atoms with Crippen molar-refractivity contribution in [2.24, 2.45) is 0 Å². The molecule has 0 heterocycles. The van der Waals surface area contributed by atoms with Gasteiger partial charge in [0.25, 0.3) is 0 Å². The number of nitriles is 1. The van der Waals surface area contributed by atoms with Gasteiger partial charge < -0.3 is 33.2 Å². The maximum atomic E-state index is 12.0. The molecular weight excluding hydrogens is 458 g/mol. The molecule has 188 valence electrons. The Kier molecular flexibility index (Phi) is 12.2. The van der Waals surface area contributed by atoms with E-state index in [2.05, 4.69) is 6.07 Å². The van der Waals surface area contributed by atoms with Crippen LogP contribution < -0.4 is 9.47 Å². The molecule has 2 aromatic carbocycles. The summed E-state index contributed by atoms with van der Waals surface area (Å²) in [4.78, 5) is 23.9. The molecule has 0 radical (unpaired) electrons. The third-order valence-electron chi connectivity index (χ3n) is 4.73. The Morgan fingerprint density at radius 2 is 1.60 bits per heavy atom. The van der Waals surface area contributed by atoms with E-state index in [1.807, 2.05) is 0 Å². The average Bonchev–Trinajstić information content (AvgIpc) is 2.88. The van der Waals surface area contributed by atoms with E-state index in [-0.39, 0.29) is 31.3 Å². The van der Waals surface area contributed by atoms with Crippen molar-refractivity contribution in [3.05, 3.63) is 47.0 Å². The molecule has 2 rings (SSSR count). The summed E-state index contributed by atoms with van der Waals surface area (Å²) in [5.41, 5.74) is 1.99. The zero-order chi connectivity index (χ0) is 25.5. The van der Waals surface area contributed by atoms with Crippen LogP contribution in [-0.2, 0) is 34.9 Å². The van der Waals surface area contributed by atoms with E-state index >= 15 is 0 Å². The van der Waals surface area contributed by atoms with E-state index in [0.717, 1.165) is 0 Å². The Balaban J connectivity index is 2.52. The zero-order valence-corrected chi connectivity index (χ0v) is 20.0. The lowest BCUT2D eigenvalue weighted by Gasteiger charge is -2.18. The second-order valence-electron chi connectivity index (χ2n) is 7.08. The molecule has 0 amide bonds. The smallest absolute Gasteiger partial charge is 0.309 e. The van der Waals surface area contributed by atoms with Crippen molar-refractivity contribution in [3.63, 3.8) is 0 Å². The highest BCUT2D eigenvalue weighted by molar-refractivity contribution is 5.89. The van der Waals surface area contributed by atoms with E-state index < -0.39 is 5.97 Å². The summed E-state index contributed by atoms with van der Waals surface area (Å²) in [5.74, 6) is 0.128. The Morgan fingerprint density at radius 3 is 2.20 bits per heavy atom. The Morgan fingerprint density at radius 1 is 0.914 bits per heavy atom. The summed E-state index contributed by atoms with van der Waals surface area (Å²) in [6.07, 6.45) is 0.556. The van der Waals surface area contributed by atoms with Gasteiger partial charge in [0.15, 0.2) is 19.9 Å². The molecule has 0 saturated heterocycles. The van der Waals surface area contributed by atoms with Gasteiger partial charge in [0.1, 0.15) is 11.5 Å². The van der Waals surface area contributed by atoms with Crippen molar-refractivity contribution in [2.45, 2.75) is 6.42 Å². The largest absolute Gasteiger partial charge is 0.469 e. The Bertz CT molecular complexity index is 1020. The number of esters is 1. The van der Waals surface area contributed by atoms with Gasteiger partial charge >= 0.3 is 5.97 Å². The third kappa shape index (κ3) is 8.66. The SMILES string of the molecule is COCCOCOc1ccc(C#N)cc1-c1cc(CC(=O)OC)cc(C=O)c1OCOCCOC. The fourth-order valence-corrected chi connectivity index (χ4v) is 3.05. The highest BCUT2D eigenvalue weighted by atomic mass is 16.7. The van der Waals surface area contributed by atoms with Crippen LogP contribution in [0.25, 0.3) is 11.1 Å². The number of hydrogen-bond donors (Lipinski definition) is 0. The van der Waals surface area contributed by atoms with Crippen molar-refractivity contribution >= 4 is 12.3 Å². The molecule has 0 N–H and O–H groups in total. The van der Waals surface area contributed by atoms with Crippen molar-refractivity contribution < 1.29 is 42.7 Å². The van der Waals surface area contributed by atoms with Crippen molar-refractivity contribution in [3.8, 4) is 28.7 Å². The average molecular weight is 488 g/mol. The molecule has 10 nitrogen and oxygen atoms in total. The molecule has 0 aliphatic heterocycles. The van der Waals surface area contributed by atoms with Gasteiger partial charge in [-0.05, 0) is 35.9 Å². The fourth-order valence-electron chi connectivity index (χ4n) is 3.05. The molecule has 35 heavy (non-hydrogen) atoms. The van der Waals surface area contributed by atoms with Crippen LogP contribution in [-0.4, -0.2) is 73.6 Å². The van der Waals surface area contributed by atoms with Gasteiger partial charge in [0, 0.05) is 25.3 Å². The minimum Gasteiger partial charge on any atom is -0.469 e. The van der Waals surface area contributed by atoms with Gasteiger partial charge in [-0.2, -0.15) is 5.26 Å². The van der Waals surface area contributed by atoms with Crippen molar-refractivity contribution in [2.75, 3.05) is 61.3 Å². The van der Waals surface area contributed by atoms with Crippen LogP contribution in [0.4, 0.5) is 0 Å². The van der Waals surface area contributed by atoms with Crippen LogP contribution in [0.5, 0.6) is 11.5 Å². The first-order valence-corrected chi connectivity index (χ1v) is 10.7. The summed E-state index contributed by atoms with van der Waals surface area (Å²) >= 11 is 0. The molecule has 0 saturated carbocycles. The predicted octanol–water partition coefficient (Wildman–Crippen LogP) is 2.75. The number of rotatable bonds is 16. The van der Waals surface area contributed by atoms with Crippen LogP contribution in [0, 0.1) is 11.3 Å². The quantitative estimate of drug-likeness (QED) is 0.151. The van der Waals surface area contributed by atoms with E-state index in [1.54, 1.807) is 44.6 Å². The molecule has 0 fully saturated rings. The maximum Gasteiger partial charge on any atom is 0.309 e. The van der Waals surface area contributed by atoms with Crippen LogP contribution in [0.3, 0.4) is 0 Å². The minimum absolute atomic E-state index is 0.0663. The first kappa shape index (κ1) is 27.8. The predicted molar refractivity (Wildman–Crippen MR) is 124 cm³/mol. The second-order valence-corrected chi connectivity index (χ2v) is 7.08. The summed E-state index contributed by atoms with van der Waals surface area (Å²) < 4.78 is 37.1. The van der Waals surface area contributed by atoms with Gasteiger partial charge in [-0.25, -0.2) is 0 Å². The van der Waals surface area contributed by atoms with Crippen LogP contribution in [0.1, 0.15) is 21.5 Å². The van der Waals surface area contributed by atoms with E-state index in [9.17, 15) is 14.9 Å². The molecular formula is C25H29NO9. The second kappa shape index (κ2) is 15.4. The number of carbonyl (C=O) groups excluding carboxylic acids is 2. The maximum absolute atomic E-state index is 12.0. The van der Waals surface area contributed by atoms with Crippen LogP contribution in [0.15, 0.2) is 30.3 Å². The third-order valence-corrected chi connectivity index (χ3v) is 4.73. The lowest BCUT2D eigenvalue weighted by Crippen LogP contribution is -2.11. The molecule has 0 aromatic heterocycles. The Labute approximate surface area is 204 Å². The number of methoxy groups -OCH3 is 3. The highest BCUT2D eigenvalue weighted by Crippen LogP contribution is 2.40. The molecule has 0 spiro atoms. The van der Waals surface area contributed by atoms with E-state index in [1.165, 1.54) is 7.11 Å². The highest BCUT2D eigenvalue weighted by Gasteiger charge is 2.20. The fraction of sp³-hybridized carbons (Fsp3) is 0.400. The standard InChI is InChI=1S/C25H29NO9/c1-29-6-8-32-16-34-23-5-4-18(14-26)11-21(23)22-12-19(13-24(28)31-3)10-20(15-27)25(22)35-17-33-9-7-30-2/h4-5,10-12,15H,6-9,13,16-17H2,1-3H3. The van der Waals surface area contributed by atoms with E-state index in [4.69, 9.17) is 33.2 Å². The van der Waals surface area contributed by atoms with Gasteiger partial charge in [-0.15, -0.1) is 0 Å². The van der Waals surface area contributed by atoms with Gasteiger partial charge in [0.05, 0.1) is 57.2 Å². The zero-order valence-electron chi connectivity index (χ0n) is 20.0. The normalized spacial score (nSPS) is 10.5. The first-order chi connectivity index (χ1) is 17.1. The molecule has 0 aliphatic carbocycles. The number of benzene rings is 2. The number of aldehydes is 1. The monoisotopic (exact) mass is 487 g/mol. The molecule has 0 atom stereocenters.